The molecule has 1 aromatic rings. The largest absolute Gasteiger partial charge is 0.482 e. The van der Waals surface area contributed by atoms with E-state index in [2.05, 4.69) is 5.10 Å². The molecule has 1 aliphatic carbocycles. The molecule has 28 heavy (non-hydrogen) atoms. The monoisotopic (exact) mass is 404 g/mol. The second kappa shape index (κ2) is 8.11. The van der Waals surface area contributed by atoms with Crippen LogP contribution in [0.2, 0.25) is 0 Å². The molecule has 0 spiro atoms. The van der Waals surface area contributed by atoms with Crippen LogP contribution in [0.1, 0.15) is 31.4 Å². The summed E-state index contributed by atoms with van der Waals surface area (Å²) in [6.45, 7) is -0.930. The maximum absolute atomic E-state index is 13.4. The summed E-state index contributed by atoms with van der Waals surface area (Å²) < 4.78 is 58.3. The van der Waals surface area contributed by atoms with Gasteiger partial charge in [-0.05, 0) is 37.3 Å². The fraction of sp³-hybridized carbons (Fsp3) is 0.529. The summed E-state index contributed by atoms with van der Waals surface area (Å²) in [6, 6.07) is -0.968. The topological polar surface area (TPSA) is 82.6 Å². The van der Waals surface area contributed by atoms with Gasteiger partial charge < -0.3 is 15.3 Å². The van der Waals surface area contributed by atoms with Crippen LogP contribution in [0.4, 0.5) is 28.2 Å². The number of carbonyl (C=O) groups is 1. The lowest BCUT2D eigenvalue weighted by Crippen LogP contribution is -2.27. The molecular weight excluding hydrogens is 384 g/mol. The number of primary amides is 1. The summed E-state index contributed by atoms with van der Waals surface area (Å²) in [6.07, 6.45) is 3.32. The summed E-state index contributed by atoms with van der Waals surface area (Å²) in [4.78, 5) is 17.1. The summed E-state index contributed by atoms with van der Waals surface area (Å²) in [5.74, 6) is -2.99. The molecule has 3 rings (SSSR count). The van der Waals surface area contributed by atoms with Crippen LogP contribution in [-0.4, -0.2) is 34.8 Å². The lowest BCUT2D eigenvalue weighted by molar-refractivity contribution is -0.0457. The predicted octanol–water partition coefficient (Wildman–Crippen LogP) is 3.60. The average Bonchev–Trinajstić information content (AvgIpc) is 3.01. The molecule has 1 fully saturated rings. The van der Waals surface area contributed by atoms with Gasteiger partial charge in [-0.2, -0.15) is 14.8 Å². The van der Waals surface area contributed by atoms with Gasteiger partial charge in [0.15, 0.2) is 5.75 Å². The quantitative estimate of drug-likeness (QED) is 0.733. The van der Waals surface area contributed by atoms with Crippen molar-refractivity contribution in [1.29, 1.82) is 0 Å². The zero-order valence-electron chi connectivity index (χ0n) is 14.9. The predicted molar refractivity (Wildman–Crippen MR) is 91.2 cm³/mol. The first-order valence-electron chi connectivity index (χ1n) is 8.76. The van der Waals surface area contributed by atoms with Crippen LogP contribution >= 0.6 is 0 Å². The third-order valence-electron chi connectivity index (χ3n) is 4.56. The molecule has 7 nitrogen and oxygen atoms in total. The fourth-order valence-corrected chi connectivity index (χ4v) is 3.22. The molecule has 154 valence electrons. The standard InChI is InChI=1S/C17H20F4N4O3/c18-13(19)10-27-14-12(9-11-3-5-17(20,21)6-4-11)23-25(16(22)26)15(14)24-7-1-2-8-28-24/h1-2,7-8,11,13H,3-6,9-10H2,(H2,22,26). The van der Waals surface area contributed by atoms with Gasteiger partial charge in [-0.25, -0.2) is 22.4 Å². The Labute approximate surface area is 158 Å². The highest BCUT2D eigenvalue weighted by Gasteiger charge is 2.36. The van der Waals surface area contributed by atoms with E-state index in [1.54, 1.807) is 12.2 Å². The highest BCUT2D eigenvalue weighted by atomic mass is 19.3. The van der Waals surface area contributed by atoms with Gasteiger partial charge in [0, 0.05) is 19.0 Å². The Balaban J connectivity index is 1.92. The van der Waals surface area contributed by atoms with Crippen molar-refractivity contribution in [2.75, 3.05) is 11.7 Å². The van der Waals surface area contributed by atoms with Crippen LogP contribution in [0.3, 0.4) is 0 Å². The SMILES string of the molecule is NC(=O)n1nc(CC2CCC(F)(F)CC2)c(OCC(F)F)c1N1C=CC=CO1. The molecule has 1 aliphatic heterocycles. The number of nitrogens with two attached hydrogens (primary N) is 1. The summed E-state index contributed by atoms with van der Waals surface area (Å²) in [5, 5.41) is 5.21. The number of allylic oxidation sites excluding steroid dienone is 2. The van der Waals surface area contributed by atoms with Crippen molar-refractivity contribution in [3.05, 3.63) is 30.3 Å². The molecule has 11 heteroatoms. The molecule has 0 aromatic carbocycles. The molecule has 1 saturated carbocycles. The Morgan fingerprint density at radius 1 is 1.36 bits per heavy atom. The first-order chi connectivity index (χ1) is 13.3. The number of alkyl halides is 4. The van der Waals surface area contributed by atoms with Crippen LogP contribution in [-0.2, 0) is 11.3 Å². The van der Waals surface area contributed by atoms with Crippen LogP contribution in [0.25, 0.3) is 0 Å². The van der Waals surface area contributed by atoms with Crippen molar-refractivity contribution >= 4 is 11.8 Å². The Hall–Kier alpha value is -2.72. The number of amides is 1. The van der Waals surface area contributed by atoms with Crippen LogP contribution in [0, 0.1) is 5.92 Å². The molecule has 0 atom stereocenters. The van der Waals surface area contributed by atoms with Gasteiger partial charge in [0.25, 0.3) is 6.43 Å². The molecule has 2 N–H and O–H groups in total. The Morgan fingerprint density at radius 2 is 2.07 bits per heavy atom. The minimum absolute atomic E-state index is 0.0649. The second-order valence-corrected chi connectivity index (χ2v) is 6.66. The van der Waals surface area contributed by atoms with Crippen molar-refractivity contribution in [2.45, 2.75) is 44.5 Å². The van der Waals surface area contributed by atoms with E-state index >= 15 is 0 Å². The Kier molecular flexibility index (Phi) is 5.80. The fourth-order valence-electron chi connectivity index (χ4n) is 3.22. The molecule has 2 aliphatic rings. The summed E-state index contributed by atoms with van der Waals surface area (Å²) in [5.41, 5.74) is 5.55. The van der Waals surface area contributed by atoms with Gasteiger partial charge in [0.2, 0.25) is 11.7 Å². The smallest absolute Gasteiger partial charge is 0.341 e. The van der Waals surface area contributed by atoms with Gasteiger partial charge in [-0.3, -0.25) is 0 Å². The van der Waals surface area contributed by atoms with E-state index in [4.69, 9.17) is 15.3 Å². The number of carbonyl (C=O) groups excluding carboxylic acids is 1. The maximum atomic E-state index is 13.4. The number of nitrogens with zero attached hydrogens (tertiary/aromatic N) is 3. The number of hydrogen-bond acceptors (Lipinski definition) is 5. The van der Waals surface area contributed by atoms with E-state index in [-0.39, 0.29) is 55.3 Å². The first-order valence-corrected chi connectivity index (χ1v) is 8.76. The van der Waals surface area contributed by atoms with E-state index < -0.39 is 25.0 Å². The second-order valence-electron chi connectivity index (χ2n) is 6.66. The third-order valence-corrected chi connectivity index (χ3v) is 4.56. The number of hydrogen-bond donors (Lipinski definition) is 1. The van der Waals surface area contributed by atoms with Crippen molar-refractivity contribution in [3.8, 4) is 5.75 Å². The van der Waals surface area contributed by atoms with Crippen LogP contribution in [0.15, 0.2) is 24.6 Å². The number of rotatable bonds is 6. The van der Waals surface area contributed by atoms with Gasteiger partial charge in [-0.15, -0.1) is 0 Å². The number of anilines is 1. The van der Waals surface area contributed by atoms with Crippen molar-refractivity contribution < 1.29 is 31.9 Å². The zero-order valence-corrected chi connectivity index (χ0v) is 14.9. The lowest BCUT2D eigenvalue weighted by atomic mass is 9.84. The van der Waals surface area contributed by atoms with Gasteiger partial charge in [0.1, 0.15) is 18.6 Å². The zero-order chi connectivity index (χ0) is 20.3. The van der Waals surface area contributed by atoms with E-state index in [1.165, 1.54) is 12.5 Å². The van der Waals surface area contributed by atoms with E-state index in [9.17, 15) is 22.4 Å². The highest BCUT2D eigenvalue weighted by Crippen LogP contribution is 2.40. The van der Waals surface area contributed by atoms with Gasteiger partial charge >= 0.3 is 6.03 Å². The molecule has 0 saturated heterocycles. The molecule has 0 radical (unpaired) electrons. The maximum Gasteiger partial charge on any atom is 0.341 e. The third kappa shape index (κ3) is 4.57. The molecule has 0 unspecified atom stereocenters. The first kappa shape index (κ1) is 20.0. The number of aromatic nitrogens is 2. The van der Waals surface area contributed by atoms with E-state index in [0.717, 1.165) is 9.75 Å². The minimum Gasteiger partial charge on any atom is -0.482 e. The average molecular weight is 404 g/mol. The normalized spacial score (nSPS) is 19.1. The minimum atomic E-state index is -2.76. The van der Waals surface area contributed by atoms with Crippen molar-refractivity contribution in [1.82, 2.24) is 9.78 Å². The number of ether oxygens (including phenoxy) is 1. The van der Waals surface area contributed by atoms with Gasteiger partial charge in [-0.1, -0.05) is 0 Å². The van der Waals surface area contributed by atoms with Crippen LogP contribution in [0.5, 0.6) is 5.75 Å². The van der Waals surface area contributed by atoms with Crippen molar-refractivity contribution in [2.24, 2.45) is 11.7 Å². The molecule has 1 aromatic heterocycles. The molecule has 1 amide bonds. The Morgan fingerprint density at radius 3 is 2.64 bits per heavy atom. The Bertz CT molecular complexity index is 769. The van der Waals surface area contributed by atoms with E-state index in [0.29, 0.717) is 0 Å². The molecule has 2 heterocycles. The summed E-state index contributed by atoms with van der Waals surface area (Å²) >= 11 is 0. The highest BCUT2D eigenvalue weighted by molar-refractivity contribution is 5.80. The van der Waals surface area contributed by atoms with Crippen molar-refractivity contribution in [3.63, 3.8) is 0 Å². The summed E-state index contributed by atoms with van der Waals surface area (Å²) in [7, 11) is 0. The number of halogens is 4. The molecule has 0 bridgehead atoms. The van der Waals surface area contributed by atoms with Gasteiger partial charge in [0.05, 0.1) is 0 Å². The van der Waals surface area contributed by atoms with E-state index in [1.807, 2.05) is 0 Å². The lowest BCUT2D eigenvalue weighted by Gasteiger charge is -2.28. The van der Waals surface area contributed by atoms with Crippen LogP contribution < -0.4 is 15.5 Å². The molecular formula is C17H20F4N4O3. The number of hydroxylamine groups is 1.